The van der Waals surface area contributed by atoms with Crippen LogP contribution in [0.15, 0.2) is 18.7 Å². The van der Waals surface area contributed by atoms with Gasteiger partial charge in [0.15, 0.2) is 0 Å². The molecule has 0 atom stereocenters. The van der Waals surface area contributed by atoms with Gasteiger partial charge in [-0.15, -0.1) is 0 Å². The van der Waals surface area contributed by atoms with E-state index in [0.29, 0.717) is 0 Å². The van der Waals surface area contributed by atoms with Gasteiger partial charge in [0.2, 0.25) is 0 Å². The molecule has 0 aliphatic rings. The molecule has 0 fully saturated rings. The molecule has 0 aromatic carbocycles. The second kappa shape index (κ2) is 111. The average Bonchev–Trinajstić information content (AvgIpc) is 3.06. The normalized spacial score (nSPS) is 4.78. The van der Waals surface area contributed by atoms with E-state index in [1.54, 1.807) is 18.7 Å². The third kappa shape index (κ3) is 136. The minimum absolute atomic E-state index is 0. The molecule has 1 aromatic rings. The Kier molecular flexibility index (Phi) is 222. The molecule has 0 saturated heterocycles. The monoisotopic (exact) mass is 305 g/mol. The minimum atomic E-state index is -0.125. The maximum atomic E-state index is 7.75. The first-order valence-corrected chi connectivity index (χ1v) is 3.50. The predicted molar refractivity (Wildman–Crippen MR) is 59.8 cm³/mol. The van der Waals surface area contributed by atoms with Gasteiger partial charge in [-0.25, -0.2) is 4.98 Å². The molecule has 1 heterocycles. The van der Waals surface area contributed by atoms with Crippen molar-refractivity contribution in [3.8, 4) is 0 Å². The van der Waals surface area contributed by atoms with Crippen molar-refractivity contribution in [1.29, 1.82) is 0 Å². The minimum Gasteiger partial charge on any atom is -0.545 e. The number of carbonyl (C=O) groups excluding carboxylic acids is 4. The van der Waals surface area contributed by atoms with Crippen LogP contribution in [-0.2, 0) is 36.0 Å². The number of H-pyrrole nitrogens is 1. The Hall–Kier alpha value is -1.68. The molecule has 1 radical (unpaired) electrons. The number of rotatable bonds is 1. The summed E-state index contributed by atoms with van der Waals surface area (Å²) in [6.45, 7) is 12.8. The second-order valence-corrected chi connectivity index (χ2v) is 1.21. The van der Waals surface area contributed by atoms with Crippen molar-refractivity contribution in [2.24, 2.45) is 0 Å². The van der Waals surface area contributed by atoms with Gasteiger partial charge < -0.3 is 34.4 Å². The van der Waals surface area contributed by atoms with Gasteiger partial charge in [-0.3, -0.25) is 27.2 Å². The van der Waals surface area contributed by atoms with Crippen LogP contribution in [0, 0.1) is 0 Å². The zero-order valence-electron chi connectivity index (χ0n) is 9.26. The van der Waals surface area contributed by atoms with Gasteiger partial charge in [-0.1, -0.05) is 0 Å². The molecule has 18 heavy (non-hydrogen) atoms. The van der Waals surface area contributed by atoms with Gasteiger partial charge in [0.25, 0.3) is 0 Å². The fraction of sp³-hybridized carbons (Fsp3) is 0.222. The van der Waals surface area contributed by atoms with Gasteiger partial charge >= 0.3 is 0 Å². The van der Waals surface area contributed by atoms with Gasteiger partial charge in [0, 0.05) is 29.2 Å². The van der Waals surface area contributed by atoms with Gasteiger partial charge in [0.1, 0.15) is 0 Å². The molecule has 8 nitrogen and oxygen atoms in total. The second-order valence-electron chi connectivity index (χ2n) is 1.21. The number of imidazole rings is 1. The molecular weight excluding hydrogens is 291 g/mol. The molecule has 0 aliphatic heterocycles. The molecule has 0 spiro atoms. The summed E-state index contributed by atoms with van der Waals surface area (Å²) in [4.78, 5) is 37.4. The Bertz CT molecular complexity index is 141. The van der Waals surface area contributed by atoms with Crippen molar-refractivity contribution in [2.75, 3.05) is 13.2 Å². The number of aliphatic hydroxyl groups is 2. The Morgan fingerprint density at radius 3 is 1.28 bits per heavy atom. The maximum Gasteiger partial charge on any atom is 0.0919 e. The van der Waals surface area contributed by atoms with E-state index in [-0.39, 0.29) is 30.0 Å². The number of nitrogens with one attached hydrogen (secondary N) is 1. The van der Waals surface area contributed by atoms with Crippen molar-refractivity contribution in [3.63, 3.8) is 0 Å². The summed E-state index contributed by atoms with van der Waals surface area (Å²) < 4.78 is 0. The van der Waals surface area contributed by atoms with Crippen LogP contribution < -0.4 is 0 Å². The largest absolute Gasteiger partial charge is 0.545 e. The maximum absolute atomic E-state index is 7.75. The van der Waals surface area contributed by atoms with Crippen LogP contribution in [0.1, 0.15) is 0 Å². The molecule has 109 valence electrons. The van der Waals surface area contributed by atoms with Crippen LogP contribution in [0.5, 0.6) is 0 Å². The number of aromatic nitrogens is 2. The first-order valence-electron chi connectivity index (χ1n) is 3.50. The van der Waals surface area contributed by atoms with E-state index in [9.17, 15) is 0 Å². The number of aliphatic hydroxyl groups excluding tert-OH is 2. The van der Waals surface area contributed by atoms with Crippen LogP contribution in [0.3, 0.4) is 0 Å². The predicted octanol–water partition coefficient (Wildman–Crippen LogP) is -1.72. The van der Waals surface area contributed by atoms with Crippen LogP contribution >= 0.6 is 0 Å². The van der Waals surface area contributed by atoms with E-state index < -0.39 is 0 Å². The Morgan fingerprint density at radius 1 is 0.889 bits per heavy atom. The molecule has 3 N–H and O–H groups in total. The fourth-order valence-electron chi connectivity index (χ4n) is 0.215. The Balaban J connectivity index is -0.0000000255. The number of hydrogen-bond donors (Lipinski definition) is 3. The summed E-state index contributed by atoms with van der Waals surface area (Å²) in [7, 11) is 0. The molecule has 0 bridgehead atoms. The van der Waals surface area contributed by atoms with E-state index >= 15 is 0 Å². The molecule has 0 unspecified atom stereocenters. The zero-order chi connectivity index (χ0) is 14.9. The molecule has 0 saturated carbocycles. The van der Waals surface area contributed by atoms with Crippen LogP contribution in [0.2, 0.25) is 0 Å². The van der Waals surface area contributed by atoms with Crippen LogP contribution in [-0.4, -0.2) is 60.6 Å². The van der Waals surface area contributed by atoms with E-state index in [4.69, 9.17) is 29.4 Å². The number of aromatic amines is 1. The standard InChI is InChI=1S/C3H4N2.C2H6O2.4CHO.Co/c1-2-5-3-4-1;3-1-2-4;4*1-2;/h1-3H,(H,4,5);3-4H,1-2H2;4*1H;/q;;4*-1;. The van der Waals surface area contributed by atoms with E-state index in [1.807, 2.05) is 0 Å². The first kappa shape index (κ1) is 36.0. The molecule has 0 amide bonds. The summed E-state index contributed by atoms with van der Waals surface area (Å²) >= 11 is 0. The summed E-state index contributed by atoms with van der Waals surface area (Å²) in [6, 6.07) is 0. The Labute approximate surface area is 116 Å². The third-order valence-corrected chi connectivity index (χ3v) is 0.506. The van der Waals surface area contributed by atoms with E-state index in [2.05, 4.69) is 37.1 Å². The van der Waals surface area contributed by atoms with Crippen molar-refractivity contribution >= 4 is 27.2 Å². The molecule has 0 aliphatic carbocycles. The summed E-state index contributed by atoms with van der Waals surface area (Å²) in [5, 5.41) is 15.2. The van der Waals surface area contributed by atoms with Gasteiger partial charge in [0.05, 0.1) is 19.5 Å². The summed E-state index contributed by atoms with van der Waals surface area (Å²) in [5.41, 5.74) is 0. The van der Waals surface area contributed by atoms with Crippen LogP contribution in [0.4, 0.5) is 0 Å². The van der Waals surface area contributed by atoms with E-state index in [0.717, 1.165) is 0 Å². The van der Waals surface area contributed by atoms with Crippen molar-refractivity contribution in [3.05, 3.63) is 18.7 Å². The molecular formula is C9H14CoN2O6-4. The smallest absolute Gasteiger partial charge is 0.0919 e. The molecule has 1 rings (SSSR count). The molecule has 1 aromatic heterocycles. The zero-order valence-corrected chi connectivity index (χ0v) is 10.3. The fourth-order valence-corrected chi connectivity index (χ4v) is 0.215. The third-order valence-electron chi connectivity index (χ3n) is 0.506. The van der Waals surface area contributed by atoms with Crippen molar-refractivity contribution in [2.45, 2.75) is 0 Å². The number of hydrogen-bond acceptors (Lipinski definition) is 7. The van der Waals surface area contributed by atoms with Crippen molar-refractivity contribution < 1.29 is 46.2 Å². The Morgan fingerprint density at radius 2 is 1.22 bits per heavy atom. The topological polar surface area (TPSA) is 137 Å². The summed E-state index contributed by atoms with van der Waals surface area (Å²) in [5.74, 6) is 0. The molecule has 9 heteroatoms. The quantitative estimate of drug-likeness (QED) is 0.414. The average molecular weight is 305 g/mol. The van der Waals surface area contributed by atoms with Crippen molar-refractivity contribution in [1.82, 2.24) is 9.97 Å². The SMILES string of the molecule is OCCO.[CH-]=O.[CH-]=O.[CH-]=O.[CH-]=O.[Co].c1c[nH]cn1. The summed E-state index contributed by atoms with van der Waals surface area (Å²) in [6.07, 6.45) is 5.08. The van der Waals surface area contributed by atoms with Gasteiger partial charge in [-0.2, -0.15) is 0 Å². The first-order chi connectivity index (χ1) is 8.41. The number of nitrogens with zero attached hydrogens (tertiary/aromatic N) is 1. The van der Waals surface area contributed by atoms with Crippen LogP contribution in [0.25, 0.3) is 0 Å². The van der Waals surface area contributed by atoms with E-state index in [1.165, 1.54) is 0 Å². The van der Waals surface area contributed by atoms with Gasteiger partial charge in [-0.05, 0) is 0 Å².